The molecule has 0 aliphatic rings. The molecule has 4 nitrogen and oxygen atoms in total. The van der Waals surface area contributed by atoms with Crippen molar-refractivity contribution in [2.75, 3.05) is 13.7 Å². The van der Waals surface area contributed by atoms with Crippen molar-refractivity contribution in [3.63, 3.8) is 0 Å². The summed E-state index contributed by atoms with van der Waals surface area (Å²) in [5.41, 5.74) is 4.38. The SMILES string of the molecule is COc1cccc(CNCCc2c[nH]c3ccccc23)c1OCc1ccc(Cl)cc1Cl. The lowest BCUT2D eigenvalue weighted by atomic mass is 10.1. The summed E-state index contributed by atoms with van der Waals surface area (Å²) in [7, 11) is 1.64. The number of hydrogen-bond donors (Lipinski definition) is 2. The van der Waals surface area contributed by atoms with Crippen molar-refractivity contribution in [1.82, 2.24) is 10.3 Å². The Morgan fingerprint density at radius 1 is 0.935 bits per heavy atom. The van der Waals surface area contributed by atoms with Crippen LogP contribution < -0.4 is 14.8 Å². The molecule has 0 atom stereocenters. The molecular formula is C25H24Cl2N2O2. The van der Waals surface area contributed by atoms with Crippen LogP contribution in [0.1, 0.15) is 16.7 Å². The lowest BCUT2D eigenvalue weighted by Crippen LogP contribution is -2.17. The zero-order chi connectivity index (χ0) is 21.6. The van der Waals surface area contributed by atoms with Crippen molar-refractivity contribution >= 4 is 34.1 Å². The number of aromatic amines is 1. The van der Waals surface area contributed by atoms with Crippen LogP contribution in [0.3, 0.4) is 0 Å². The minimum atomic E-state index is 0.332. The molecule has 0 spiro atoms. The fourth-order valence-corrected chi connectivity index (χ4v) is 4.06. The summed E-state index contributed by atoms with van der Waals surface area (Å²) in [6.07, 6.45) is 3.02. The number of halogens is 2. The van der Waals surface area contributed by atoms with Crippen LogP contribution in [0.5, 0.6) is 11.5 Å². The zero-order valence-electron chi connectivity index (χ0n) is 17.3. The van der Waals surface area contributed by atoms with E-state index >= 15 is 0 Å². The van der Waals surface area contributed by atoms with E-state index in [9.17, 15) is 0 Å². The number of para-hydroxylation sites is 2. The Balaban J connectivity index is 1.40. The van der Waals surface area contributed by atoms with Gasteiger partial charge >= 0.3 is 0 Å². The Hall–Kier alpha value is -2.66. The molecule has 0 aliphatic carbocycles. The molecule has 31 heavy (non-hydrogen) atoms. The minimum Gasteiger partial charge on any atom is -0.493 e. The normalized spacial score (nSPS) is 11.1. The summed E-state index contributed by atoms with van der Waals surface area (Å²) < 4.78 is 11.7. The number of rotatable bonds is 9. The van der Waals surface area contributed by atoms with Gasteiger partial charge in [-0.2, -0.15) is 0 Å². The topological polar surface area (TPSA) is 46.3 Å². The Morgan fingerprint density at radius 2 is 1.81 bits per heavy atom. The van der Waals surface area contributed by atoms with Crippen LogP contribution in [0, 0.1) is 0 Å². The van der Waals surface area contributed by atoms with Gasteiger partial charge in [0.25, 0.3) is 0 Å². The monoisotopic (exact) mass is 454 g/mol. The molecule has 0 bridgehead atoms. The van der Waals surface area contributed by atoms with E-state index in [1.54, 1.807) is 13.2 Å². The Morgan fingerprint density at radius 3 is 2.65 bits per heavy atom. The highest BCUT2D eigenvalue weighted by atomic mass is 35.5. The summed E-state index contributed by atoms with van der Waals surface area (Å²) in [6, 6.07) is 19.7. The van der Waals surface area contributed by atoms with Crippen LogP contribution >= 0.6 is 23.2 Å². The van der Waals surface area contributed by atoms with E-state index in [0.29, 0.717) is 28.9 Å². The lowest BCUT2D eigenvalue weighted by Gasteiger charge is -2.16. The molecule has 0 unspecified atom stereocenters. The third-order valence-corrected chi connectivity index (χ3v) is 5.82. The molecule has 0 fully saturated rings. The molecule has 2 N–H and O–H groups in total. The van der Waals surface area contributed by atoms with Gasteiger partial charge < -0.3 is 19.8 Å². The molecule has 4 aromatic rings. The third-order valence-electron chi connectivity index (χ3n) is 5.23. The number of benzene rings is 3. The smallest absolute Gasteiger partial charge is 0.166 e. The summed E-state index contributed by atoms with van der Waals surface area (Å²) in [5, 5.41) is 5.98. The molecule has 0 radical (unpaired) electrons. The second-order valence-corrected chi connectivity index (χ2v) is 8.10. The number of methoxy groups -OCH3 is 1. The van der Waals surface area contributed by atoms with Gasteiger partial charge in [0.15, 0.2) is 11.5 Å². The highest BCUT2D eigenvalue weighted by molar-refractivity contribution is 6.35. The standard InChI is InChI=1S/C25H24Cl2N2O2/c1-30-24-8-4-5-18(25(24)31-16-19-9-10-20(26)13-22(19)27)14-28-12-11-17-15-29-23-7-3-2-6-21(17)23/h2-10,13,15,28-29H,11-12,14,16H2,1H3. The average Bonchev–Trinajstić information content (AvgIpc) is 3.19. The van der Waals surface area contributed by atoms with Crippen molar-refractivity contribution in [2.24, 2.45) is 0 Å². The van der Waals surface area contributed by atoms with E-state index in [4.69, 9.17) is 32.7 Å². The Kier molecular flexibility index (Phi) is 7.03. The maximum Gasteiger partial charge on any atom is 0.166 e. The predicted octanol–water partition coefficient (Wildman–Crippen LogP) is 6.39. The Bertz CT molecular complexity index is 1170. The number of fused-ring (bicyclic) bond motifs is 1. The van der Waals surface area contributed by atoms with Crippen molar-refractivity contribution in [1.29, 1.82) is 0 Å². The summed E-state index contributed by atoms with van der Waals surface area (Å²) in [4.78, 5) is 3.33. The second kappa shape index (κ2) is 10.1. The highest BCUT2D eigenvalue weighted by Gasteiger charge is 2.12. The average molecular weight is 455 g/mol. The van der Waals surface area contributed by atoms with Gasteiger partial charge in [-0.05, 0) is 42.8 Å². The van der Waals surface area contributed by atoms with E-state index in [1.807, 2.05) is 36.4 Å². The predicted molar refractivity (Wildman–Crippen MR) is 127 cm³/mol. The van der Waals surface area contributed by atoms with E-state index in [2.05, 4.69) is 34.7 Å². The van der Waals surface area contributed by atoms with Gasteiger partial charge in [0, 0.05) is 44.8 Å². The van der Waals surface area contributed by atoms with Gasteiger partial charge in [0.1, 0.15) is 6.61 Å². The first kappa shape index (κ1) is 21.6. The number of aromatic nitrogens is 1. The van der Waals surface area contributed by atoms with Crippen LogP contribution in [-0.4, -0.2) is 18.6 Å². The van der Waals surface area contributed by atoms with E-state index in [0.717, 1.165) is 29.8 Å². The van der Waals surface area contributed by atoms with Gasteiger partial charge in [0.2, 0.25) is 0 Å². The quantitative estimate of drug-likeness (QED) is 0.287. The van der Waals surface area contributed by atoms with Crippen LogP contribution in [0.4, 0.5) is 0 Å². The van der Waals surface area contributed by atoms with Crippen molar-refractivity contribution in [3.8, 4) is 11.5 Å². The minimum absolute atomic E-state index is 0.332. The maximum absolute atomic E-state index is 6.29. The molecule has 6 heteroatoms. The third kappa shape index (κ3) is 5.16. The molecule has 0 aliphatic heterocycles. The number of ether oxygens (including phenoxy) is 2. The second-order valence-electron chi connectivity index (χ2n) is 7.26. The molecule has 1 heterocycles. The fourth-order valence-electron chi connectivity index (χ4n) is 3.60. The van der Waals surface area contributed by atoms with Crippen LogP contribution in [0.15, 0.2) is 66.9 Å². The molecular weight excluding hydrogens is 431 g/mol. The Labute approximate surface area is 192 Å². The number of hydrogen-bond acceptors (Lipinski definition) is 3. The maximum atomic E-state index is 6.29. The summed E-state index contributed by atoms with van der Waals surface area (Å²) in [6.45, 7) is 1.85. The van der Waals surface area contributed by atoms with Gasteiger partial charge in [-0.25, -0.2) is 0 Å². The van der Waals surface area contributed by atoms with Gasteiger partial charge in [0.05, 0.1) is 7.11 Å². The first-order chi connectivity index (χ1) is 15.2. The van der Waals surface area contributed by atoms with Gasteiger partial charge in [-0.1, -0.05) is 59.6 Å². The largest absolute Gasteiger partial charge is 0.493 e. The summed E-state index contributed by atoms with van der Waals surface area (Å²) >= 11 is 12.3. The molecule has 160 valence electrons. The van der Waals surface area contributed by atoms with Gasteiger partial charge in [-0.3, -0.25) is 0 Å². The first-order valence-electron chi connectivity index (χ1n) is 10.1. The lowest BCUT2D eigenvalue weighted by molar-refractivity contribution is 0.281. The summed E-state index contributed by atoms with van der Waals surface area (Å²) in [5.74, 6) is 1.41. The van der Waals surface area contributed by atoms with Crippen molar-refractivity contribution in [2.45, 2.75) is 19.6 Å². The molecule has 1 aromatic heterocycles. The molecule has 4 rings (SSSR count). The first-order valence-corrected chi connectivity index (χ1v) is 10.9. The van der Waals surface area contributed by atoms with E-state index in [1.165, 1.54) is 16.5 Å². The van der Waals surface area contributed by atoms with E-state index < -0.39 is 0 Å². The highest BCUT2D eigenvalue weighted by Crippen LogP contribution is 2.33. The zero-order valence-corrected chi connectivity index (χ0v) is 18.8. The number of H-pyrrole nitrogens is 1. The van der Waals surface area contributed by atoms with Crippen LogP contribution in [-0.2, 0) is 19.6 Å². The molecule has 3 aromatic carbocycles. The van der Waals surface area contributed by atoms with Crippen LogP contribution in [0.2, 0.25) is 10.0 Å². The molecule has 0 saturated carbocycles. The number of nitrogens with one attached hydrogen (secondary N) is 2. The van der Waals surface area contributed by atoms with E-state index in [-0.39, 0.29) is 0 Å². The molecule has 0 amide bonds. The van der Waals surface area contributed by atoms with Crippen LogP contribution in [0.25, 0.3) is 10.9 Å². The van der Waals surface area contributed by atoms with Crippen molar-refractivity contribution in [3.05, 3.63) is 93.6 Å². The fraction of sp³-hybridized carbons (Fsp3) is 0.200. The van der Waals surface area contributed by atoms with Gasteiger partial charge in [-0.15, -0.1) is 0 Å². The van der Waals surface area contributed by atoms with Crippen molar-refractivity contribution < 1.29 is 9.47 Å². The molecule has 0 saturated heterocycles.